The molecule has 1 saturated carbocycles. The molecule has 6 nitrogen and oxygen atoms in total. The number of ether oxygens (including phenoxy) is 1. The average Bonchev–Trinajstić information content (AvgIpc) is 3.11. The van der Waals surface area contributed by atoms with E-state index in [1.54, 1.807) is 4.90 Å². The Kier molecular flexibility index (Phi) is 4.97. The van der Waals surface area contributed by atoms with E-state index in [1.165, 1.54) is 0 Å². The van der Waals surface area contributed by atoms with E-state index < -0.39 is 11.6 Å². The van der Waals surface area contributed by atoms with Crippen molar-refractivity contribution >= 4 is 12.0 Å². The Balaban J connectivity index is 1.46. The highest BCUT2D eigenvalue weighted by atomic mass is 19.1. The van der Waals surface area contributed by atoms with Crippen molar-refractivity contribution in [2.45, 2.75) is 51.7 Å². The summed E-state index contributed by atoms with van der Waals surface area (Å²) in [5.41, 5.74) is -0.410. The molecule has 2 saturated heterocycles. The zero-order chi connectivity index (χ0) is 18.2. The number of likely N-dealkylation sites (tertiary alicyclic amines) is 1. The highest BCUT2D eigenvalue weighted by molar-refractivity contribution is 5.79. The Morgan fingerprint density at radius 2 is 2.24 bits per heavy atom. The Labute approximate surface area is 149 Å². The van der Waals surface area contributed by atoms with Crippen molar-refractivity contribution in [1.29, 1.82) is 0 Å². The van der Waals surface area contributed by atoms with Crippen molar-refractivity contribution in [2.24, 2.45) is 10.8 Å². The van der Waals surface area contributed by atoms with E-state index in [2.05, 4.69) is 10.2 Å². The molecule has 1 N–H and O–H groups in total. The number of carbonyl (C=O) groups is 2. The molecule has 2 amide bonds. The standard InChI is InChI=1S/C18H30FN3O3/c1-4-25-16(24)22-6-5-18(12-22)7-13(8-18)21(3)10-14(19)17(2)9-15(23)20-11-17/h13-14H,4-12H2,1-3H3,(H,20,23). The highest BCUT2D eigenvalue weighted by Crippen LogP contribution is 2.50. The van der Waals surface area contributed by atoms with Gasteiger partial charge in [0.05, 0.1) is 6.61 Å². The molecule has 2 aliphatic heterocycles. The maximum atomic E-state index is 14.8. The molecule has 142 valence electrons. The van der Waals surface area contributed by atoms with Crippen molar-refractivity contribution in [3.63, 3.8) is 0 Å². The fourth-order valence-corrected chi connectivity index (χ4v) is 4.53. The summed E-state index contributed by atoms with van der Waals surface area (Å²) in [6.45, 7) is 6.36. The van der Waals surface area contributed by atoms with Crippen LogP contribution in [0, 0.1) is 10.8 Å². The number of rotatable bonds is 5. The number of nitrogens with zero attached hydrogens (tertiary/aromatic N) is 2. The number of hydrogen-bond acceptors (Lipinski definition) is 4. The Bertz CT molecular complexity index is 538. The van der Waals surface area contributed by atoms with Crippen molar-refractivity contribution in [1.82, 2.24) is 15.1 Å². The fourth-order valence-electron chi connectivity index (χ4n) is 4.53. The van der Waals surface area contributed by atoms with Gasteiger partial charge >= 0.3 is 6.09 Å². The number of carbonyl (C=O) groups excluding carboxylic acids is 2. The lowest BCUT2D eigenvalue weighted by Gasteiger charge is -2.49. The molecule has 0 radical (unpaired) electrons. The molecule has 2 heterocycles. The van der Waals surface area contributed by atoms with Crippen LogP contribution in [0.2, 0.25) is 0 Å². The van der Waals surface area contributed by atoms with Gasteiger partial charge in [-0.15, -0.1) is 0 Å². The quantitative estimate of drug-likeness (QED) is 0.817. The lowest BCUT2D eigenvalue weighted by atomic mass is 9.64. The predicted octanol–water partition coefficient (Wildman–Crippen LogP) is 1.79. The third-order valence-electron chi connectivity index (χ3n) is 6.38. The minimum absolute atomic E-state index is 0.0552. The van der Waals surface area contributed by atoms with E-state index in [4.69, 9.17) is 4.74 Å². The molecule has 3 rings (SSSR count). The molecule has 0 bridgehead atoms. The van der Waals surface area contributed by atoms with Crippen LogP contribution in [0.25, 0.3) is 0 Å². The second-order valence-electron chi connectivity index (χ2n) is 8.45. The van der Waals surface area contributed by atoms with Crippen molar-refractivity contribution in [2.75, 3.05) is 39.8 Å². The molecule has 25 heavy (non-hydrogen) atoms. The van der Waals surface area contributed by atoms with Crippen LogP contribution in [0.3, 0.4) is 0 Å². The van der Waals surface area contributed by atoms with Crippen molar-refractivity contribution < 1.29 is 18.7 Å². The topological polar surface area (TPSA) is 61.9 Å². The summed E-state index contributed by atoms with van der Waals surface area (Å²) in [5.74, 6) is -0.0552. The smallest absolute Gasteiger partial charge is 0.409 e. The van der Waals surface area contributed by atoms with Gasteiger partial charge < -0.3 is 19.9 Å². The van der Waals surface area contributed by atoms with E-state index in [9.17, 15) is 14.0 Å². The molecule has 0 aromatic carbocycles. The Morgan fingerprint density at radius 3 is 2.84 bits per heavy atom. The third-order valence-corrected chi connectivity index (χ3v) is 6.38. The number of halogens is 1. The van der Waals surface area contributed by atoms with Gasteiger partial charge in [0.15, 0.2) is 0 Å². The van der Waals surface area contributed by atoms with E-state index in [0.717, 1.165) is 32.4 Å². The molecule has 3 aliphatic rings. The van der Waals surface area contributed by atoms with Gasteiger partial charge in [-0.25, -0.2) is 9.18 Å². The zero-order valence-corrected chi connectivity index (χ0v) is 15.5. The molecule has 7 heteroatoms. The summed E-state index contributed by atoms with van der Waals surface area (Å²) in [6.07, 6.45) is 2.04. The van der Waals surface area contributed by atoms with E-state index in [0.29, 0.717) is 25.7 Å². The molecular formula is C18H30FN3O3. The van der Waals surface area contributed by atoms with Crippen LogP contribution < -0.4 is 5.32 Å². The molecule has 2 atom stereocenters. The minimum Gasteiger partial charge on any atom is -0.450 e. The molecule has 1 spiro atoms. The molecular weight excluding hydrogens is 325 g/mol. The fraction of sp³-hybridized carbons (Fsp3) is 0.889. The van der Waals surface area contributed by atoms with Crippen LogP contribution in [0.1, 0.15) is 39.5 Å². The maximum Gasteiger partial charge on any atom is 0.409 e. The Hall–Kier alpha value is -1.37. The largest absolute Gasteiger partial charge is 0.450 e. The first-order valence-corrected chi connectivity index (χ1v) is 9.30. The number of hydrogen-bond donors (Lipinski definition) is 1. The number of amides is 2. The van der Waals surface area contributed by atoms with Gasteiger partial charge in [0, 0.05) is 44.1 Å². The number of nitrogens with one attached hydrogen (secondary N) is 1. The highest BCUT2D eigenvalue weighted by Gasteiger charge is 2.51. The summed E-state index contributed by atoms with van der Waals surface area (Å²) < 4.78 is 19.8. The second kappa shape index (κ2) is 6.74. The van der Waals surface area contributed by atoms with Crippen LogP contribution in [-0.2, 0) is 9.53 Å². The van der Waals surface area contributed by atoms with Gasteiger partial charge in [0.25, 0.3) is 0 Å². The van der Waals surface area contributed by atoms with Gasteiger partial charge in [0.2, 0.25) is 5.91 Å². The summed E-state index contributed by atoms with van der Waals surface area (Å²) in [6, 6.07) is 0.356. The van der Waals surface area contributed by atoms with Crippen LogP contribution in [0.5, 0.6) is 0 Å². The van der Waals surface area contributed by atoms with Crippen LogP contribution in [0.15, 0.2) is 0 Å². The van der Waals surface area contributed by atoms with E-state index >= 15 is 0 Å². The van der Waals surface area contributed by atoms with Gasteiger partial charge in [0.1, 0.15) is 6.17 Å². The molecule has 0 aromatic heterocycles. The van der Waals surface area contributed by atoms with Crippen molar-refractivity contribution in [3.8, 4) is 0 Å². The van der Waals surface area contributed by atoms with Gasteiger partial charge in [-0.2, -0.15) is 0 Å². The first kappa shape index (κ1) is 18.4. The van der Waals surface area contributed by atoms with Crippen molar-refractivity contribution in [3.05, 3.63) is 0 Å². The molecule has 3 fully saturated rings. The molecule has 1 aliphatic carbocycles. The van der Waals surface area contributed by atoms with Gasteiger partial charge in [-0.3, -0.25) is 4.79 Å². The lowest BCUT2D eigenvalue weighted by molar-refractivity contribution is -0.120. The second-order valence-corrected chi connectivity index (χ2v) is 8.45. The normalized spacial score (nSPS) is 35.8. The predicted molar refractivity (Wildman–Crippen MR) is 91.9 cm³/mol. The van der Waals surface area contributed by atoms with Crippen LogP contribution in [0.4, 0.5) is 9.18 Å². The average molecular weight is 355 g/mol. The minimum atomic E-state index is -1.02. The SMILES string of the molecule is CCOC(=O)N1CCC2(CC(N(C)CC(F)C3(C)CNC(=O)C3)C2)C1. The lowest BCUT2D eigenvalue weighted by Crippen LogP contribution is -2.53. The zero-order valence-electron chi connectivity index (χ0n) is 15.5. The van der Waals surface area contributed by atoms with Gasteiger partial charge in [-0.1, -0.05) is 6.92 Å². The molecule has 2 unspecified atom stereocenters. The first-order chi connectivity index (χ1) is 11.8. The Morgan fingerprint density at radius 1 is 1.52 bits per heavy atom. The first-order valence-electron chi connectivity index (χ1n) is 9.30. The summed E-state index contributed by atoms with van der Waals surface area (Å²) in [5, 5.41) is 2.74. The van der Waals surface area contributed by atoms with Gasteiger partial charge in [-0.05, 0) is 38.6 Å². The monoisotopic (exact) mass is 355 g/mol. The number of alkyl halides is 1. The summed E-state index contributed by atoms with van der Waals surface area (Å²) in [7, 11) is 1.97. The third kappa shape index (κ3) is 3.61. The molecule has 0 aromatic rings. The van der Waals surface area contributed by atoms with Crippen LogP contribution >= 0.6 is 0 Å². The van der Waals surface area contributed by atoms with E-state index in [1.807, 2.05) is 20.9 Å². The van der Waals surface area contributed by atoms with E-state index in [-0.39, 0.29) is 23.8 Å². The summed E-state index contributed by atoms with van der Waals surface area (Å²) >= 11 is 0. The maximum absolute atomic E-state index is 14.8. The summed E-state index contributed by atoms with van der Waals surface area (Å²) in [4.78, 5) is 27.2. The van der Waals surface area contributed by atoms with Crippen LogP contribution in [-0.4, -0.2) is 73.8 Å².